The van der Waals surface area contributed by atoms with Crippen molar-refractivity contribution in [2.24, 2.45) is 0 Å². The van der Waals surface area contributed by atoms with E-state index >= 15 is 0 Å². The van der Waals surface area contributed by atoms with Gasteiger partial charge in [0.15, 0.2) is 34.9 Å². The molecule has 0 radical (unpaired) electrons. The molecular formula is C56H42N6. The van der Waals surface area contributed by atoms with Crippen LogP contribution in [0.2, 0.25) is 0 Å². The second-order valence-electron chi connectivity index (χ2n) is 15.9. The maximum Gasteiger partial charge on any atom is 0.164 e. The van der Waals surface area contributed by atoms with Crippen molar-refractivity contribution < 1.29 is 0 Å². The number of aromatic nitrogens is 6. The summed E-state index contributed by atoms with van der Waals surface area (Å²) in [6.45, 7) is 8.34. The molecule has 0 saturated carbocycles. The first-order chi connectivity index (χ1) is 30.3. The highest BCUT2D eigenvalue weighted by molar-refractivity contribution is 6.07. The van der Waals surface area contributed by atoms with Gasteiger partial charge >= 0.3 is 0 Å². The largest absolute Gasteiger partial charge is 0.208 e. The van der Waals surface area contributed by atoms with Crippen LogP contribution in [0.5, 0.6) is 0 Å². The van der Waals surface area contributed by atoms with Crippen LogP contribution in [0, 0.1) is 27.7 Å². The highest BCUT2D eigenvalue weighted by atomic mass is 15.0. The van der Waals surface area contributed by atoms with Crippen LogP contribution in [0.3, 0.4) is 0 Å². The Kier molecular flexibility index (Phi) is 10.0. The molecule has 2 heterocycles. The van der Waals surface area contributed by atoms with Crippen molar-refractivity contribution in [2.45, 2.75) is 27.7 Å². The van der Waals surface area contributed by atoms with E-state index in [0.29, 0.717) is 34.9 Å². The molecule has 0 aliphatic heterocycles. The van der Waals surface area contributed by atoms with Gasteiger partial charge in [-0.3, -0.25) is 0 Å². The van der Waals surface area contributed by atoms with E-state index in [0.717, 1.165) is 66.4 Å². The number of rotatable bonds is 8. The first-order valence-electron chi connectivity index (χ1n) is 20.8. The standard InChI is InChI=1S/C56H42N6/c1-35-17-25-40(26-18-35)51-57-52(41-27-19-36(2)20-28-41)60-55(59-51)46-13-5-11-44(33-46)48-15-7-9-39-10-8-16-49(50(39)48)45-12-6-14-47(34-45)56-61-53(42-29-21-37(3)22-30-42)58-54(62-56)43-31-23-38(4)24-32-43/h5-34H,1-4H3. The first-order valence-corrected chi connectivity index (χ1v) is 20.8. The van der Waals surface area contributed by atoms with E-state index in [1.54, 1.807) is 0 Å². The summed E-state index contributed by atoms with van der Waals surface area (Å²) in [5, 5.41) is 2.29. The molecule has 0 aliphatic rings. The minimum Gasteiger partial charge on any atom is -0.208 e. The van der Waals surface area contributed by atoms with Crippen molar-refractivity contribution in [1.29, 1.82) is 0 Å². The lowest BCUT2D eigenvalue weighted by molar-refractivity contribution is 1.07. The zero-order chi connectivity index (χ0) is 42.2. The van der Waals surface area contributed by atoms with Gasteiger partial charge in [-0.05, 0) is 72.9 Å². The summed E-state index contributed by atoms with van der Waals surface area (Å²) >= 11 is 0. The summed E-state index contributed by atoms with van der Waals surface area (Å²) in [6.07, 6.45) is 0. The van der Waals surface area contributed by atoms with Gasteiger partial charge in [0.2, 0.25) is 0 Å². The molecular weight excluding hydrogens is 757 g/mol. The Morgan fingerprint density at radius 2 is 0.500 bits per heavy atom. The molecule has 10 rings (SSSR count). The topological polar surface area (TPSA) is 77.3 Å². The van der Waals surface area contributed by atoms with Crippen molar-refractivity contribution >= 4 is 10.8 Å². The van der Waals surface area contributed by atoms with E-state index in [1.165, 1.54) is 22.3 Å². The molecule has 0 fully saturated rings. The van der Waals surface area contributed by atoms with Gasteiger partial charge in [0.05, 0.1) is 0 Å². The smallest absolute Gasteiger partial charge is 0.164 e. The van der Waals surface area contributed by atoms with Gasteiger partial charge in [0.25, 0.3) is 0 Å². The van der Waals surface area contributed by atoms with Crippen LogP contribution in [0.1, 0.15) is 22.3 Å². The third kappa shape index (κ3) is 7.78. The molecule has 0 aliphatic carbocycles. The third-order valence-electron chi connectivity index (χ3n) is 11.3. The Morgan fingerprint density at radius 1 is 0.242 bits per heavy atom. The van der Waals surface area contributed by atoms with Gasteiger partial charge in [-0.1, -0.05) is 192 Å². The van der Waals surface area contributed by atoms with Crippen molar-refractivity contribution in [2.75, 3.05) is 0 Å². The second-order valence-corrected chi connectivity index (χ2v) is 15.9. The molecule has 0 bridgehead atoms. The van der Waals surface area contributed by atoms with Gasteiger partial charge in [0, 0.05) is 33.4 Å². The fourth-order valence-corrected chi connectivity index (χ4v) is 7.81. The highest BCUT2D eigenvalue weighted by Gasteiger charge is 2.17. The van der Waals surface area contributed by atoms with Crippen LogP contribution in [-0.2, 0) is 0 Å². The van der Waals surface area contributed by atoms with Gasteiger partial charge < -0.3 is 0 Å². The fourth-order valence-electron chi connectivity index (χ4n) is 7.81. The maximum atomic E-state index is 5.07. The molecule has 6 heteroatoms. The molecule has 2 aromatic heterocycles. The predicted octanol–water partition coefficient (Wildman–Crippen LogP) is 13.8. The summed E-state index contributed by atoms with van der Waals surface area (Å²) in [5.74, 6) is 3.79. The van der Waals surface area contributed by atoms with E-state index in [1.807, 2.05) is 0 Å². The monoisotopic (exact) mass is 798 g/mol. The zero-order valence-corrected chi connectivity index (χ0v) is 35.0. The van der Waals surface area contributed by atoms with Gasteiger partial charge in [0.1, 0.15) is 0 Å². The average Bonchev–Trinajstić information content (AvgIpc) is 3.32. The molecule has 0 spiro atoms. The molecule has 0 unspecified atom stereocenters. The Balaban J connectivity index is 1.08. The number of benzene rings is 8. The van der Waals surface area contributed by atoms with Crippen LogP contribution >= 0.6 is 0 Å². The van der Waals surface area contributed by atoms with Crippen molar-refractivity contribution in [3.63, 3.8) is 0 Å². The lowest BCUT2D eigenvalue weighted by Gasteiger charge is -2.15. The molecule has 0 N–H and O–H groups in total. The van der Waals surface area contributed by atoms with Crippen molar-refractivity contribution in [3.8, 4) is 90.6 Å². The SMILES string of the molecule is Cc1ccc(-c2nc(-c3ccc(C)cc3)nc(-c3cccc(-c4cccc5cccc(-c6cccc(-c7nc(-c8ccc(C)cc8)nc(-c8ccc(C)cc8)n7)c6)c45)c3)n2)cc1. The van der Waals surface area contributed by atoms with E-state index < -0.39 is 0 Å². The summed E-state index contributed by atoms with van der Waals surface area (Å²) in [7, 11) is 0. The van der Waals surface area contributed by atoms with Crippen LogP contribution in [0.4, 0.5) is 0 Å². The minimum atomic E-state index is 0.619. The molecule has 62 heavy (non-hydrogen) atoms. The number of aryl methyl sites for hydroxylation is 4. The Bertz CT molecular complexity index is 2900. The number of nitrogens with zero attached hydrogens (tertiary/aromatic N) is 6. The van der Waals surface area contributed by atoms with Crippen LogP contribution in [0.25, 0.3) is 101 Å². The highest BCUT2D eigenvalue weighted by Crippen LogP contribution is 2.39. The molecule has 0 atom stereocenters. The summed E-state index contributed by atoms with van der Waals surface area (Å²) in [5.41, 5.74) is 14.7. The van der Waals surface area contributed by atoms with Crippen LogP contribution < -0.4 is 0 Å². The second kappa shape index (κ2) is 16.2. The summed E-state index contributed by atoms with van der Waals surface area (Å²) in [6, 6.07) is 63.4. The number of hydrogen-bond acceptors (Lipinski definition) is 6. The Morgan fingerprint density at radius 3 is 0.806 bits per heavy atom. The van der Waals surface area contributed by atoms with Crippen LogP contribution in [0.15, 0.2) is 182 Å². The fraction of sp³-hybridized carbons (Fsp3) is 0.0714. The van der Waals surface area contributed by atoms with Gasteiger partial charge in [-0.2, -0.15) is 0 Å². The van der Waals surface area contributed by atoms with Crippen molar-refractivity contribution in [3.05, 3.63) is 204 Å². The van der Waals surface area contributed by atoms with Gasteiger partial charge in [-0.15, -0.1) is 0 Å². The minimum absolute atomic E-state index is 0.619. The lowest BCUT2D eigenvalue weighted by atomic mass is 9.90. The Labute approximate surface area is 361 Å². The number of hydrogen-bond donors (Lipinski definition) is 0. The maximum absolute atomic E-state index is 5.07. The van der Waals surface area contributed by atoms with E-state index in [-0.39, 0.29) is 0 Å². The van der Waals surface area contributed by atoms with E-state index in [9.17, 15) is 0 Å². The molecule has 10 aromatic rings. The van der Waals surface area contributed by atoms with Crippen molar-refractivity contribution in [1.82, 2.24) is 29.9 Å². The quantitative estimate of drug-likeness (QED) is 0.152. The molecule has 296 valence electrons. The van der Waals surface area contributed by atoms with Crippen LogP contribution in [-0.4, -0.2) is 29.9 Å². The Hall–Kier alpha value is -7.96. The lowest BCUT2D eigenvalue weighted by Crippen LogP contribution is -2.00. The predicted molar refractivity (Wildman–Crippen MR) is 253 cm³/mol. The zero-order valence-electron chi connectivity index (χ0n) is 35.0. The molecule has 0 saturated heterocycles. The molecule has 8 aromatic carbocycles. The normalized spacial score (nSPS) is 11.2. The summed E-state index contributed by atoms with van der Waals surface area (Å²) in [4.78, 5) is 30.2. The third-order valence-corrected chi connectivity index (χ3v) is 11.3. The van der Waals surface area contributed by atoms with E-state index in [4.69, 9.17) is 29.9 Å². The number of fused-ring (bicyclic) bond motifs is 1. The first kappa shape index (κ1) is 38.3. The molecule has 0 amide bonds. The van der Waals surface area contributed by atoms with E-state index in [2.05, 4.69) is 210 Å². The average molecular weight is 799 g/mol. The summed E-state index contributed by atoms with van der Waals surface area (Å²) < 4.78 is 0. The molecule has 6 nitrogen and oxygen atoms in total. The van der Waals surface area contributed by atoms with Gasteiger partial charge in [-0.25, -0.2) is 29.9 Å².